The molecule has 0 saturated heterocycles. The van der Waals surface area contributed by atoms with E-state index in [1.165, 1.54) is 10.9 Å². The number of rotatable bonds is 5. The summed E-state index contributed by atoms with van der Waals surface area (Å²) in [6, 6.07) is 10.4. The number of aliphatic hydroxyl groups is 1. The fourth-order valence-electron chi connectivity index (χ4n) is 3.07. The lowest BCUT2D eigenvalue weighted by molar-refractivity contribution is 0.280. The molecule has 1 N–H and O–H groups in total. The number of aryl methyl sites for hydroxylation is 2. The normalized spacial score (nSPS) is 11.1. The molecule has 3 aromatic rings. The molecule has 3 heteroatoms. The second kappa shape index (κ2) is 6.47. The predicted molar refractivity (Wildman–Crippen MR) is 92.9 cm³/mol. The van der Waals surface area contributed by atoms with E-state index in [1.807, 2.05) is 19.9 Å². The quantitative estimate of drug-likeness (QED) is 0.731. The first-order chi connectivity index (χ1) is 11.2. The lowest BCUT2D eigenvalue weighted by Gasteiger charge is -2.15. The van der Waals surface area contributed by atoms with Gasteiger partial charge in [0.1, 0.15) is 11.5 Å². The van der Waals surface area contributed by atoms with Crippen molar-refractivity contribution in [3.63, 3.8) is 0 Å². The Hall–Kier alpha value is -2.26. The fourth-order valence-corrected chi connectivity index (χ4v) is 3.07. The minimum Gasteiger partial charge on any atom is -0.492 e. The molecular weight excluding hydrogens is 288 g/mol. The van der Waals surface area contributed by atoms with Crippen LogP contribution in [0.15, 0.2) is 41.0 Å². The maximum absolute atomic E-state index is 9.66. The molecule has 0 bridgehead atoms. The highest BCUT2D eigenvalue weighted by Crippen LogP contribution is 2.40. The van der Waals surface area contributed by atoms with E-state index >= 15 is 0 Å². The molecule has 3 rings (SSSR count). The van der Waals surface area contributed by atoms with Crippen LogP contribution < -0.4 is 4.74 Å². The molecule has 0 aliphatic rings. The Morgan fingerprint density at radius 3 is 2.61 bits per heavy atom. The molecule has 120 valence electrons. The molecule has 0 radical (unpaired) electrons. The first-order valence-electron chi connectivity index (χ1n) is 8.06. The van der Waals surface area contributed by atoms with Crippen molar-refractivity contribution in [2.24, 2.45) is 0 Å². The van der Waals surface area contributed by atoms with Crippen molar-refractivity contribution in [1.82, 2.24) is 0 Å². The van der Waals surface area contributed by atoms with E-state index < -0.39 is 0 Å². The monoisotopic (exact) mass is 310 g/mol. The van der Waals surface area contributed by atoms with Crippen LogP contribution >= 0.6 is 0 Å². The van der Waals surface area contributed by atoms with E-state index in [-0.39, 0.29) is 6.61 Å². The van der Waals surface area contributed by atoms with Crippen LogP contribution in [-0.2, 0) is 13.0 Å². The van der Waals surface area contributed by atoms with Crippen molar-refractivity contribution in [2.45, 2.75) is 33.8 Å². The zero-order valence-electron chi connectivity index (χ0n) is 13.8. The Balaban J connectivity index is 2.31. The van der Waals surface area contributed by atoms with Crippen LogP contribution in [0.4, 0.5) is 0 Å². The highest BCUT2D eigenvalue weighted by atomic mass is 16.5. The molecular formula is C20H22O3. The van der Waals surface area contributed by atoms with Gasteiger partial charge < -0.3 is 14.3 Å². The number of furan rings is 1. The van der Waals surface area contributed by atoms with E-state index in [0.717, 1.165) is 34.2 Å². The summed E-state index contributed by atoms with van der Waals surface area (Å²) in [6.07, 6.45) is 2.66. The molecule has 0 amide bonds. The number of fused-ring (bicyclic) bond motifs is 1. The maximum Gasteiger partial charge on any atom is 0.143 e. The SMILES string of the molecule is CCOc1c(-c2occ(C)c2CO)ccc2c(CC)cccc12. The summed E-state index contributed by atoms with van der Waals surface area (Å²) in [5.74, 6) is 1.52. The molecule has 3 nitrogen and oxygen atoms in total. The zero-order chi connectivity index (χ0) is 16.4. The van der Waals surface area contributed by atoms with Crippen LogP contribution in [0.1, 0.15) is 30.5 Å². The molecule has 0 spiro atoms. The van der Waals surface area contributed by atoms with Crippen molar-refractivity contribution < 1.29 is 14.3 Å². The van der Waals surface area contributed by atoms with Gasteiger partial charge in [0, 0.05) is 10.9 Å². The molecule has 0 aliphatic heterocycles. The highest BCUT2D eigenvalue weighted by molar-refractivity contribution is 5.96. The van der Waals surface area contributed by atoms with Crippen molar-refractivity contribution in [1.29, 1.82) is 0 Å². The van der Waals surface area contributed by atoms with Crippen LogP contribution in [0.3, 0.4) is 0 Å². The van der Waals surface area contributed by atoms with Crippen LogP contribution in [-0.4, -0.2) is 11.7 Å². The fraction of sp³-hybridized carbons (Fsp3) is 0.300. The average Bonchev–Trinajstić information content (AvgIpc) is 2.95. The summed E-state index contributed by atoms with van der Waals surface area (Å²) in [5.41, 5.74) is 3.96. The first kappa shape index (κ1) is 15.6. The van der Waals surface area contributed by atoms with Crippen molar-refractivity contribution in [2.75, 3.05) is 6.61 Å². The first-order valence-corrected chi connectivity index (χ1v) is 8.06. The van der Waals surface area contributed by atoms with Gasteiger partial charge in [-0.3, -0.25) is 0 Å². The van der Waals surface area contributed by atoms with E-state index in [2.05, 4.69) is 31.2 Å². The summed E-state index contributed by atoms with van der Waals surface area (Å²) < 4.78 is 11.7. The molecule has 1 heterocycles. The third kappa shape index (κ3) is 2.62. The van der Waals surface area contributed by atoms with Crippen molar-refractivity contribution in [3.05, 3.63) is 53.3 Å². The maximum atomic E-state index is 9.66. The van der Waals surface area contributed by atoms with Gasteiger partial charge in [0.05, 0.1) is 25.0 Å². The zero-order valence-corrected chi connectivity index (χ0v) is 13.8. The summed E-state index contributed by atoms with van der Waals surface area (Å²) >= 11 is 0. The number of benzene rings is 2. The van der Waals surface area contributed by atoms with Gasteiger partial charge in [-0.15, -0.1) is 0 Å². The summed E-state index contributed by atoms with van der Waals surface area (Å²) in [4.78, 5) is 0. The van der Waals surface area contributed by atoms with Gasteiger partial charge >= 0.3 is 0 Å². The van der Waals surface area contributed by atoms with E-state index in [0.29, 0.717) is 12.4 Å². The Labute approximate surface area is 136 Å². The highest BCUT2D eigenvalue weighted by Gasteiger charge is 2.19. The van der Waals surface area contributed by atoms with Crippen LogP contribution in [0.25, 0.3) is 22.1 Å². The van der Waals surface area contributed by atoms with Crippen LogP contribution in [0.5, 0.6) is 5.75 Å². The Morgan fingerprint density at radius 1 is 1.09 bits per heavy atom. The summed E-state index contributed by atoms with van der Waals surface area (Å²) in [7, 11) is 0. The molecule has 0 fully saturated rings. The Morgan fingerprint density at radius 2 is 1.91 bits per heavy atom. The minimum atomic E-state index is -0.0454. The van der Waals surface area contributed by atoms with Gasteiger partial charge in [0.25, 0.3) is 0 Å². The van der Waals surface area contributed by atoms with Gasteiger partial charge in [-0.25, -0.2) is 0 Å². The Kier molecular flexibility index (Phi) is 4.39. The summed E-state index contributed by atoms with van der Waals surface area (Å²) in [6.45, 7) is 6.61. The van der Waals surface area contributed by atoms with E-state index in [1.54, 1.807) is 6.26 Å². The Bertz CT molecular complexity index is 830. The smallest absolute Gasteiger partial charge is 0.143 e. The number of hydrogen-bond acceptors (Lipinski definition) is 3. The topological polar surface area (TPSA) is 42.6 Å². The minimum absolute atomic E-state index is 0.0454. The van der Waals surface area contributed by atoms with E-state index in [9.17, 15) is 5.11 Å². The van der Waals surface area contributed by atoms with Crippen molar-refractivity contribution in [3.8, 4) is 17.1 Å². The summed E-state index contributed by atoms with van der Waals surface area (Å²) in [5, 5.41) is 12.0. The molecule has 2 aromatic carbocycles. The third-order valence-electron chi connectivity index (χ3n) is 4.28. The third-order valence-corrected chi connectivity index (χ3v) is 4.28. The second-order valence-corrected chi connectivity index (χ2v) is 5.63. The molecule has 0 unspecified atom stereocenters. The lowest BCUT2D eigenvalue weighted by atomic mass is 9.97. The van der Waals surface area contributed by atoms with Gasteiger partial charge in [0.2, 0.25) is 0 Å². The second-order valence-electron chi connectivity index (χ2n) is 5.63. The van der Waals surface area contributed by atoms with Gasteiger partial charge in [0.15, 0.2) is 0 Å². The molecule has 0 saturated carbocycles. The van der Waals surface area contributed by atoms with Crippen LogP contribution in [0, 0.1) is 6.92 Å². The number of aliphatic hydroxyl groups excluding tert-OH is 1. The standard InChI is InChI=1S/C20H22O3/c1-4-14-7-6-8-16-15(14)9-10-17(19(16)22-5-2)20-18(11-21)13(3)12-23-20/h6-10,12,21H,4-5,11H2,1-3H3. The number of ether oxygens (including phenoxy) is 1. The van der Waals surface area contributed by atoms with Gasteiger partial charge in [-0.2, -0.15) is 0 Å². The predicted octanol–water partition coefficient (Wildman–Crippen LogP) is 4.86. The van der Waals surface area contributed by atoms with Crippen molar-refractivity contribution >= 4 is 10.8 Å². The lowest BCUT2D eigenvalue weighted by Crippen LogP contribution is -1.97. The van der Waals surface area contributed by atoms with Gasteiger partial charge in [-0.1, -0.05) is 31.2 Å². The average molecular weight is 310 g/mol. The molecule has 23 heavy (non-hydrogen) atoms. The molecule has 0 aliphatic carbocycles. The largest absolute Gasteiger partial charge is 0.492 e. The van der Waals surface area contributed by atoms with E-state index in [4.69, 9.17) is 9.15 Å². The molecule has 0 atom stereocenters. The molecule has 1 aromatic heterocycles. The van der Waals surface area contributed by atoms with Gasteiger partial charge in [-0.05, 0) is 42.8 Å². The number of hydrogen-bond donors (Lipinski definition) is 1. The van der Waals surface area contributed by atoms with Crippen LogP contribution in [0.2, 0.25) is 0 Å².